The zero-order chi connectivity index (χ0) is 14.5. The Morgan fingerprint density at radius 3 is 2.68 bits per heavy atom. The van der Waals surface area contributed by atoms with Crippen molar-refractivity contribution in [3.8, 4) is 5.75 Å². The van der Waals surface area contributed by atoms with Crippen LogP contribution in [-0.4, -0.2) is 23.4 Å². The Morgan fingerprint density at radius 2 is 2.16 bits per heavy atom. The minimum absolute atomic E-state index is 0.0852. The van der Waals surface area contributed by atoms with Crippen molar-refractivity contribution in [1.29, 1.82) is 0 Å². The molecule has 1 N–H and O–H groups in total. The van der Waals surface area contributed by atoms with Crippen molar-refractivity contribution in [2.75, 3.05) is 5.88 Å². The van der Waals surface area contributed by atoms with Crippen LogP contribution < -0.4 is 10.1 Å². The second kappa shape index (κ2) is 6.80. The highest BCUT2D eigenvalue weighted by Crippen LogP contribution is 2.17. The molecular formula is C15H22ClNO2. The maximum absolute atomic E-state index is 12.2. The molecule has 0 aromatic heterocycles. The van der Waals surface area contributed by atoms with Crippen LogP contribution in [0.5, 0.6) is 5.75 Å². The molecule has 0 radical (unpaired) electrons. The molecular weight excluding hydrogens is 262 g/mol. The zero-order valence-electron chi connectivity index (χ0n) is 12.0. The van der Waals surface area contributed by atoms with Crippen molar-refractivity contribution < 1.29 is 9.53 Å². The average Bonchev–Trinajstić information content (AvgIpc) is 2.38. The first-order valence-corrected chi connectivity index (χ1v) is 7.09. The van der Waals surface area contributed by atoms with Crippen molar-refractivity contribution in [2.24, 2.45) is 0 Å². The number of alkyl halides is 1. The largest absolute Gasteiger partial charge is 0.491 e. The van der Waals surface area contributed by atoms with Crippen LogP contribution in [-0.2, 0) is 0 Å². The van der Waals surface area contributed by atoms with Gasteiger partial charge in [-0.15, -0.1) is 11.6 Å². The Morgan fingerprint density at radius 1 is 1.47 bits per heavy atom. The van der Waals surface area contributed by atoms with Gasteiger partial charge in [-0.25, -0.2) is 0 Å². The molecule has 0 fully saturated rings. The van der Waals surface area contributed by atoms with Crippen LogP contribution in [0.25, 0.3) is 0 Å². The topological polar surface area (TPSA) is 38.3 Å². The second-order valence-corrected chi connectivity index (χ2v) is 5.46. The van der Waals surface area contributed by atoms with Crippen LogP contribution >= 0.6 is 11.6 Å². The lowest BCUT2D eigenvalue weighted by molar-refractivity contribution is 0.0911. The Hall–Kier alpha value is -1.22. The van der Waals surface area contributed by atoms with E-state index in [9.17, 15) is 4.79 Å². The Bertz CT molecular complexity index is 428. The molecule has 0 saturated carbocycles. The van der Waals surface area contributed by atoms with E-state index in [1.165, 1.54) is 0 Å². The Kier molecular flexibility index (Phi) is 5.67. The summed E-state index contributed by atoms with van der Waals surface area (Å²) in [6.07, 6.45) is 0.867. The van der Waals surface area contributed by atoms with Crippen molar-refractivity contribution in [3.05, 3.63) is 29.8 Å². The Balaban J connectivity index is 2.82. The summed E-state index contributed by atoms with van der Waals surface area (Å²) in [5.41, 5.74) is 0.205. The number of ether oxygens (including phenoxy) is 1. The molecule has 1 atom stereocenters. The number of benzene rings is 1. The number of halogens is 1. The van der Waals surface area contributed by atoms with Gasteiger partial charge >= 0.3 is 0 Å². The van der Waals surface area contributed by atoms with Crippen LogP contribution in [0.2, 0.25) is 0 Å². The number of amides is 1. The van der Waals surface area contributed by atoms with Gasteiger partial charge in [-0.3, -0.25) is 4.79 Å². The Labute approximate surface area is 120 Å². The smallest absolute Gasteiger partial charge is 0.251 e. The molecule has 0 heterocycles. The van der Waals surface area contributed by atoms with Crippen molar-refractivity contribution in [3.63, 3.8) is 0 Å². The lowest BCUT2D eigenvalue weighted by atomic mass is 10.0. The van der Waals surface area contributed by atoms with Gasteiger partial charge in [-0.1, -0.05) is 13.0 Å². The van der Waals surface area contributed by atoms with Crippen LogP contribution in [0, 0.1) is 0 Å². The highest BCUT2D eigenvalue weighted by Gasteiger charge is 2.23. The first-order valence-electron chi connectivity index (χ1n) is 6.55. The second-order valence-electron chi connectivity index (χ2n) is 5.20. The van der Waals surface area contributed by atoms with E-state index in [4.69, 9.17) is 16.3 Å². The summed E-state index contributed by atoms with van der Waals surface area (Å²) in [5, 5.41) is 2.96. The first-order chi connectivity index (χ1) is 8.90. The summed E-state index contributed by atoms with van der Waals surface area (Å²) in [5.74, 6) is 0.961. The monoisotopic (exact) mass is 283 g/mol. The molecule has 1 rings (SSSR count). The quantitative estimate of drug-likeness (QED) is 0.810. The molecule has 1 aromatic carbocycles. The van der Waals surface area contributed by atoms with Crippen molar-refractivity contribution in [1.82, 2.24) is 5.32 Å². The lowest BCUT2D eigenvalue weighted by Crippen LogP contribution is -2.47. The van der Waals surface area contributed by atoms with E-state index in [1.54, 1.807) is 12.1 Å². The maximum Gasteiger partial charge on any atom is 0.251 e. The summed E-state index contributed by atoms with van der Waals surface area (Å²) < 4.78 is 5.58. The van der Waals surface area contributed by atoms with E-state index in [0.29, 0.717) is 17.2 Å². The van der Waals surface area contributed by atoms with E-state index in [1.807, 2.05) is 39.8 Å². The van der Waals surface area contributed by atoms with Gasteiger partial charge in [-0.2, -0.15) is 0 Å². The number of carbonyl (C=O) groups is 1. The molecule has 1 unspecified atom stereocenters. The van der Waals surface area contributed by atoms with E-state index in [2.05, 4.69) is 5.32 Å². The standard InChI is InChI=1S/C15H22ClNO2/c1-5-15(4,10-16)17-14(18)12-7-6-8-13(9-12)19-11(2)3/h6-9,11H,5,10H2,1-4H3,(H,17,18). The summed E-state index contributed by atoms with van der Waals surface area (Å²) >= 11 is 5.90. The van der Waals surface area contributed by atoms with E-state index in [0.717, 1.165) is 6.42 Å². The summed E-state index contributed by atoms with van der Waals surface area (Å²) in [7, 11) is 0. The molecule has 4 heteroatoms. The highest BCUT2D eigenvalue weighted by atomic mass is 35.5. The molecule has 106 valence electrons. The average molecular weight is 284 g/mol. The number of rotatable bonds is 6. The number of hydrogen-bond donors (Lipinski definition) is 1. The van der Waals surface area contributed by atoms with E-state index < -0.39 is 0 Å². The summed E-state index contributed by atoms with van der Waals surface area (Å²) in [6.45, 7) is 7.84. The van der Waals surface area contributed by atoms with Crippen LogP contribution in [0.15, 0.2) is 24.3 Å². The summed E-state index contributed by atoms with van der Waals surface area (Å²) in [4.78, 5) is 12.2. The maximum atomic E-state index is 12.2. The van der Waals surface area contributed by atoms with E-state index in [-0.39, 0.29) is 17.6 Å². The molecule has 0 saturated heterocycles. The highest BCUT2D eigenvalue weighted by molar-refractivity contribution is 6.18. The summed E-state index contributed by atoms with van der Waals surface area (Å²) in [6, 6.07) is 7.18. The lowest BCUT2D eigenvalue weighted by Gasteiger charge is -2.27. The molecule has 0 aliphatic heterocycles. The first kappa shape index (κ1) is 15.8. The van der Waals surface area contributed by atoms with Gasteiger partial charge < -0.3 is 10.1 Å². The predicted molar refractivity (Wildman–Crippen MR) is 79.1 cm³/mol. The third-order valence-corrected chi connectivity index (χ3v) is 3.55. The fourth-order valence-electron chi connectivity index (χ4n) is 1.55. The fraction of sp³-hybridized carbons (Fsp3) is 0.533. The molecule has 1 amide bonds. The fourth-order valence-corrected chi connectivity index (χ4v) is 1.80. The van der Waals surface area contributed by atoms with Gasteiger partial charge in [0.25, 0.3) is 5.91 Å². The molecule has 0 spiro atoms. The minimum Gasteiger partial charge on any atom is -0.491 e. The third-order valence-electron chi connectivity index (χ3n) is 2.96. The number of hydrogen-bond acceptors (Lipinski definition) is 2. The number of nitrogens with one attached hydrogen (secondary N) is 1. The normalized spacial score (nSPS) is 14.0. The van der Waals surface area contributed by atoms with Crippen LogP contribution in [0.3, 0.4) is 0 Å². The molecule has 3 nitrogen and oxygen atoms in total. The van der Waals surface area contributed by atoms with Crippen molar-refractivity contribution in [2.45, 2.75) is 45.8 Å². The third kappa shape index (κ3) is 4.75. The molecule has 0 aliphatic rings. The minimum atomic E-state index is -0.381. The SMILES string of the molecule is CCC(C)(CCl)NC(=O)c1cccc(OC(C)C)c1. The molecule has 0 bridgehead atoms. The van der Waals surface area contributed by atoms with Crippen molar-refractivity contribution >= 4 is 17.5 Å². The van der Waals surface area contributed by atoms with Gasteiger partial charge in [0.05, 0.1) is 11.6 Å². The molecule has 19 heavy (non-hydrogen) atoms. The number of carbonyl (C=O) groups excluding carboxylic acids is 1. The van der Waals surface area contributed by atoms with Gasteiger partial charge in [0, 0.05) is 11.4 Å². The zero-order valence-corrected chi connectivity index (χ0v) is 12.8. The molecule has 1 aromatic rings. The van der Waals surface area contributed by atoms with Gasteiger partial charge in [-0.05, 0) is 45.4 Å². The van der Waals surface area contributed by atoms with Crippen LogP contribution in [0.1, 0.15) is 44.5 Å². The predicted octanol–water partition coefficient (Wildman–Crippen LogP) is 3.61. The van der Waals surface area contributed by atoms with Crippen LogP contribution in [0.4, 0.5) is 0 Å². The molecule has 0 aliphatic carbocycles. The van der Waals surface area contributed by atoms with Gasteiger partial charge in [0.1, 0.15) is 5.75 Å². The van der Waals surface area contributed by atoms with Gasteiger partial charge in [0.15, 0.2) is 0 Å². The van der Waals surface area contributed by atoms with E-state index >= 15 is 0 Å². The van der Waals surface area contributed by atoms with Gasteiger partial charge in [0.2, 0.25) is 0 Å².